The molecule has 1 unspecified atom stereocenters. The molecule has 0 radical (unpaired) electrons. The standard InChI is InChI=1S/C15H21N3S/c1-3-9-18-15(7-8-17-18)14(16)11-19-13-6-4-5-12(2)10-13/h4-8,10,14H,3,9,11,16H2,1-2H3. The zero-order valence-corrected chi connectivity index (χ0v) is 12.4. The number of nitrogens with zero attached hydrogens (tertiary/aromatic N) is 2. The molecule has 0 saturated heterocycles. The molecule has 0 fully saturated rings. The van der Waals surface area contributed by atoms with E-state index in [1.807, 2.05) is 16.9 Å². The number of aromatic nitrogens is 2. The van der Waals surface area contributed by atoms with Crippen molar-refractivity contribution in [3.63, 3.8) is 0 Å². The highest BCUT2D eigenvalue weighted by Crippen LogP contribution is 2.24. The molecule has 2 N–H and O–H groups in total. The molecule has 1 aromatic heterocycles. The number of nitrogens with two attached hydrogens (primary N) is 1. The van der Waals surface area contributed by atoms with Gasteiger partial charge in [-0.3, -0.25) is 4.68 Å². The average Bonchev–Trinajstić information content (AvgIpc) is 2.85. The maximum atomic E-state index is 6.27. The molecule has 102 valence electrons. The van der Waals surface area contributed by atoms with Gasteiger partial charge < -0.3 is 5.73 Å². The number of hydrogen-bond donors (Lipinski definition) is 1. The minimum atomic E-state index is 0.0274. The van der Waals surface area contributed by atoms with E-state index in [-0.39, 0.29) is 6.04 Å². The fourth-order valence-electron chi connectivity index (χ4n) is 2.03. The second kappa shape index (κ2) is 6.78. The molecule has 3 nitrogen and oxygen atoms in total. The van der Waals surface area contributed by atoms with Crippen molar-refractivity contribution in [2.24, 2.45) is 5.73 Å². The maximum absolute atomic E-state index is 6.27. The summed E-state index contributed by atoms with van der Waals surface area (Å²) < 4.78 is 2.02. The van der Waals surface area contributed by atoms with Crippen LogP contribution in [0.5, 0.6) is 0 Å². The highest BCUT2D eigenvalue weighted by molar-refractivity contribution is 7.99. The van der Waals surface area contributed by atoms with Crippen molar-refractivity contribution < 1.29 is 0 Å². The Morgan fingerprint density at radius 2 is 2.21 bits per heavy atom. The van der Waals surface area contributed by atoms with Crippen molar-refractivity contribution in [3.05, 3.63) is 47.8 Å². The van der Waals surface area contributed by atoms with Gasteiger partial charge in [0.1, 0.15) is 0 Å². The first-order valence-electron chi connectivity index (χ1n) is 6.67. The van der Waals surface area contributed by atoms with Gasteiger partial charge in [-0.1, -0.05) is 24.6 Å². The lowest BCUT2D eigenvalue weighted by molar-refractivity contribution is 0.554. The normalized spacial score (nSPS) is 12.6. The summed E-state index contributed by atoms with van der Waals surface area (Å²) in [5.41, 5.74) is 8.69. The molecule has 1 heterocycles. The zero-order valence-electron chi connectivity index (χ0n) is 11.5. The lowest BCUT2D eigenvalue weighted by atomic mass is 10.2. The highest BCUT2D eigenvalue weighted by Gasteiger charge is 2.11. The van der Waals surface area contributed by atoms with E-state index >= 15 is 0 Å². The predicted octanol–water partition coefficient (Wildman–Crippen LogP) is 3.39. The van der Waals surface area contributed by atoms with Crippen LogP contribution in [0.15, 0.2) is 41.4 Å². The Morgan fingerprint density at radius 3 is 2.95 bits per heavy atom. The summed E-state index contributed by atoms with van der Waals surface area (Å²) in [5, 5.41) is 4.32. The van der Waals surface area contributed by atoms with Crippen LogP contribution in [0.1, 0.15) is 30.6 Å². The molecule has 0 bridgehead atoms. The minimum absolute atomic E-state index is 0.0274. The van der Waals surface area contributed by atoms with E-state index < -0.39 is 0 Å². The minimum Gasteiger partial charge on any atom is -0.322 e. The molecular weight excluding hydrogens is 254 g/mol. The lowest BCUT2D eigenvalue weighted by Crippen LogP contribution is -2.18. The zero-order chi connectivity index (χ0) is 13.7. The van der Waals surface area contributed by atoms with Gasteiger partial charge in [0.2, 0.25) is 0 Å². The van der Waals surface area contributed by atoms with Crippen molar-refractivity contribution >= 4 is 11.8 Å². The van der Waals surface area contributed by atoms with Crippen molar-refractivity contribution in [2.45, 2.75) is 37.8 Å². The van der Waals surface area contributed by atoms with Crippen LogP contribution in [0.2, 0.25) is 0 Å². The van der Waals surface area contributed by atoms with Gasteiger partial charge in [-0.25, -0.2) is 0 Å². The fraction of sp³-hybridized carbons (Fsp3) is 0.400. The number of rotatable bonds is 6. The van der Waals surface area contributed by atoms with Crippen LogP contribution in [0.25, 0.3) is 0 Å². The van der Waals surface area contributed by atoms with Gasteiger partial charge in [-0.05, 0) is 31.5 Å². The van der Waals surface area contributed by atoms with Gasteiger partial charge in [0.05, 0.1) is 11.7 Å². The second-order valence-corrected chi connectivity index (χ2v) is 5.81. The van der Waals surface area contributed by atoms with E-state index in [4.69, 9.17) is 5.73 Å². The molecule has 0 spiro atoms. The molecule has 0 saturated carbocycles. The Hall–Kier alpha value is -1.26. The molecule has 0 aliphatic heterocycles. The van der Waals surface area contributed by atoms with Crippen molar-refractivity contribution in [2.75, 3.05) is 5.75 Å². The first-order valence-corrected chi connectivity index (χ1v) is 7.66. The summed E-state index contributed by atoms with van der Waals surface area (Å²) in [6.07, 6.45) is 2.91. The largest absolute Gasteiger partial charge is 0.322 e. The number of aryl methyl sites for hydroxylation is 2. The Balaban J connectivity index is 1.97. The third-order valence-corrected chi connectivity index (χ3v) is 4.10. The van der Waals surface area contributed by atoms with Gasteiger partial charge >= 0.3 is 0 Å². The quantitative estimate of drug-likeness (QED) is 0.822. The molecule has 2 rings (SSSR count). The molecule has 0 aliphatic carbocycles. The molecule has 2 aromatic rings. The molecule has 1 atom stereocenters. The summed E-state index contributed by atoms with van der Waals surface area (Å²) in [6, 6.07) is 10.6. The van der Waals surface area contributed by atoms with Crippen LogP contribution in [0.3, 0.4) is 0 Å². The van der Waals surface area contributed by atoms with Crippen molar-refractivity contribution in [1.82, 2.24) is 9.78 Å². The monoisotopic (exact) mass is 275 g/mol. The smallest absolute Gasteiger partial charge is 0.0562 e. The van der Waals surface area contributed by atoms with Gasteiger partial charge in [0.15, 0.2) is 0 Å². The van der Waals surface area contributed by atoms with Gasteiger partial charge in [0.25, 0.3) is 0 Å². The van der Waals surface area contributed by atoms with Crippen LogP contribution in [0.4, 0.5) is 0 Å². The van der Waals surface area contributed by atoms with E-state index in [9.17, 15) is 0 Å². The first kappa shape index (κ1) is 14.2. The van der Waals surface area contributed by atoms with E-state index in [0.29, 0.717) is 0 Å². The van der Waals surface area contributed by atoms with E-state index in [0.717, 1.165) is 24.4 Å². The SMILES string of the molecule is CCCn1nccc1C(N)CSc1cccc(C)c1. The van der Waals surface area contributed by atoms with Crippen LogP contribution in [0, 0.1) is 6.92 Å². The van der Waals surface area contributed by atoms with Crippen LogP contribution < -0.4 is 5.73 Å². The summed E-state index contributed by atoms with van der Waals surface area (Å²) in [4.78, 5) is 1.28. The summed E-state index contributed by atoms with van der Waals surface area (Å²) in [5.74, 6) is 0.874. The van der Waals surface area contributed by atoms with Crippen LogP contribution in [-0.2, 0) is 6.54 Å². The third kappa shape index (κ3) is 3.85. The van der Waals surface area contributed by atoms with Crippen LogP contribution >= 0.6 is 11.8 Å². The number of benzene rings is 1. The molecule has 4 heteroatoms. The molecule has 0 amide bonds. The van der Waals surface area contributed by atoms with E-state index in [1.54, 1.807) is 11.8 Å². The molecular formula is C15H21N3S. The average molecular weight is 275 g/mol. The molecule has 1 aromatic carbocycles. The predicted molar refractivity (Wildman–Crippen MR) is 81.3 cm³/mol. The third-order valence-electron chi connectivity index (χ3n) is 2.98. The summed E-state index contributed by atoms with van der Waals surface area (Å²) in [6.45, 7) is 5.20. The van der Waals surface area contributed by atoms with Gasteiger partial charge in [-0.15, -0.1) is 11.8 Å². The van der Waals surface area contributed by atoms with Gasteiger partial charge in [0, 0.05) is 23.4 Å². The fourth-order valence-corrected chi connectivity index (χ4v) is 3.02. The first-order chi connectivity index (χ1) is 9.20. The van der Waals surface area contributed by atoms with Crippen molar-refractivity contribution in [1.29, 1.82) is 0 Å². The number of thioether (sulfide) groups is 1. The summed E-state index contributed by atoms with van der Waals surface area (Å²) >= 11 is 1.80. The Labute approximate surface area is 119 Å². The number of hydrogen-bond acceptors (Lipinski definition) is 3. The Bertz CT molecular complexity index is 522. The van der Waals surface area contributed by atoms with E-state index in [2.05, 4.69) is 43.2 Å². The Morgan fingerprint density at radius 1 is 1.37 bits per heavy atom. The maximum Gasteiger partial charge on any atom is 0.0562 e. The van der Waals surface area contributed by atoms with Crippen molar-refractivity contribution in [3.8, 4) is 0 Å². The summed E-state index contributed by atoms with van der Waals surface area (Å²) in [7, 11) is 0. The topological polar surface area (TPSA) is 43.8 Å². The lowest BCUT2D eigenvalue weighted by Gasteiger charge is -2.13. The molecule has 0 aliphatic rings. The molecule has 19 heavy (non-hydrogen) atoms. The second-order valence-electron chi connectivity index (χ2n) is 4.71. The highest BCUT2D eigenvalue weighted by atomic mass is 32.2. The van der Waals surface area contributed by atoms with Crippen LogP contribution in [-0.4, -0.2) is 15.5 Å². The van der Waals surface area contributed by atoms with Gasteiger partial charge in [-0.2, -0.15) is 5.10 Å². The Kier molecular flexibility index (Phi) is 5.05. The van der Waals surface area contributed by atoms with E-state index in [1.165, 1.54) is 10.5 Å².